The molecule has 1 unspecified atom stereocenters. The number of hydrogen-bond donors (Lipinski definition) is 2. The normalized spacial score (nSPS) is 27.0. The summed E-state index contributed by atoms with van der Waals surface area (Å²) >= 11 is 0. The van der Waals surface area contributed by atoms with E-state index in [1.54, 1.807) is 12.1 Å². The molecule has 0 bridgehead atoms. The second-order valence-corrected chi connectivity index (χ2v) is 23.1. The fourth-order valence-electron chi connectivity index (χ4n) is 13.5. The van der Waals surface area contributed by atoms with Crippen LogP contribution < -0.4 is 20.4 Å². The molecule has 16 heteroatoms. The fourth-order valence-corrected chi connectivity index (χ4v) is 13.5. The van der Waals surface area contributed by atoms with E-state index in [2.05, 4.69) is 63.1 Å². The lowest BCUT2D eigenvalue weighted by molar-refractivity contribution is -0.145. The van der Waals surface area contributed by atoms with E-state index < -0.39 is 28.5 Å². The molecule has 0 radical (unpaired) electrons. The summed E-state index contributed by atoms with van der Waals surface area (Å²) in [7, 11) is 0. The lowest BCUT2D eigenvalue weighted by Crippen LogP contribution is -2.59. The van der Waals surface area contributed by atoms with Crippen LogP contribution in [0.5, 0.6) is 0 Å². The molecule has 15 nitrogen and oxygen atoms in total. The molecule has 4 aromatic rings. The monoisotopic (exact) mass is 981 g/mol. The molecule has 2 saturated carbocycles. The minimum absolute atomic E-state index is 0.0527. The highest BCUT2D eigenvalue weighted by atomic mass is 19.1. The zero-order valence-electron chi connectivity index (χ0n) is 42.1. The van der Waals surface area contributed by atoms with E-state index in [1.165, 1.54) is 25.3 Å². The summed E-state index contributed by atoms with van der Waals surface area (Å²) in [5.74, 6) is -0.754. The number of nitrogens with zero attached hydrogens (tertiary/aromatic N) is 8. The van der Waals surface area contributed by atoms with Crippen molar-refractivity contribution in [2.75, 3.05) is 67.5 Å². The zero-order valence-corrected chi connectivity index (χ0v) is 42.1. The number of imidazole rings is 1. The number of halogens is 1. The van der Waals surface area contributed by atoms with Gasteiger partial charge in [-0.1, -0.05) is 24.6 Å². The lowest BCUT2D eigenvalue weighted by atomic mass is 9.72. The molecule has 2 aromatic carbocycles. The van der Waals surface area contributed by atoms with Gasteiger partial charge >= 0.3 is 0 Å². The Kier molecular flexibility index (Phi) is 11.9. The van der Waals surface area contributed by atoms with Crippen LogP contribution in [-0.2, 0) is 29.4 Å². The van der Waals surface area contributed by atoms with Gasteiger partial charge in [-0.2, -0.15) is 0 Å². The Hall–Kier alpha value is -5.90. The summed E-state index contributed by atoms with van der Waals surface area (Å²) in [4.78, 5) is 88.7. The standard InChI is InChI=1S/C56H69FN10O5/c1-34(2)66-33-58-45-31-44(60-50(49(45)66)59-38-9-10-38)37-7-12-42-47(28-37)67(40-29-39(30-40)62-20-5-4-6-21-62)54(72)56(42)18-25-64(26-19-56)53(71)55(3)17-24-65(32-55)52(70)35-15-22-63(23-16-35)46-13-8-36(27-43(46)57)41-11-14-48(68)61-51(41)69/h7-8,12-13,27-28,31,33-35,38-41H,4-6,9-11,14-26,29-30,32H2,1-3H3,(H,59,60)(H,61,68,69)/t39?,40?,41?,55-/m1/s1. The van der Waals surface area contributed by atoms with E-state index in [4.69, 9.17) is 9.97 Å². The summed E-state index contributed by atoms with van der Waals surface area (Å²) < 4.78 is 17.7. The van der Waals surface area contributed by atoms with Crippen LogP contribution in [0.1, 0.15) is 134 Å². The molecule has 5 saturated heterocycles. The maximum atomic E-state index is 15.5. The molecule has 7 fully saturated rings. The van der Waals surface area contributed by atoms with Crippen molar-refractivity contribution in [1.82, 2.24) is 34.6 Å². The average Bonchev–Trinajstić information content (AvgIpc) is 3.84. The summed E-state index contributed by atoms with van der Waals surface area (Å²) in [5, 5.41) is 6.05. The number of benzene rings is 2. The van der Waals surface area contributed by atoms with Crippen molar-refractivity contribution in [2.45, 2.75) is 146 Å². The number of hydrogen-bond acceptors (Lipinski definition) is 10. The third-order valence-corrected chi connectivity index (χ3v) is 18.1. The SMILES string of the molecule is CC(C)n1cnc2cc(-c3ccc4c(c3)N(C3CC(N5CCCCC5)C3)C(=O)C43CCN(C(=O)[C@]4(C)CCN(C(=O)C5CCN(c6ccc(C7CCC(=O)NC7=O)cc6F)CC5)C4)CC3)nc(NC3CC3)c21. The van der Waals surface area contributed by atoms with Gasteiger partial charge in [-0.05, 0) is 146 Å². The van der Waals surface area contributed by atoms with Crippen molar-refractivity contribution < 1.29 is 28.4 Å². The number of fused-ring (bicyclic) bond motifs is 3. The van der Waals surface area contributed by atoms with Crippen molar-refractivity contribution in [3.8, 4) is 11.3 Å². The zero-order chi connectivity index (χ0) is 49.6. The fraction of sp³-hybridized carbons (Fsp3) is 0.589. The molecule has 380 valence electrons. The predicted octanol–water partition coefficient (Wildman–Crippen LogP) is 7.29. The number of piperidine rings is 4. The van der Waals surface area contributed by atoms with Crippen molar-refractivity contribution in [3.05, 3.63) is 65.7 Å². The van der Waals surface area contributed by atoms with Gasteiger partial charge in [-0.15, -0.1) is 0 Å². The van der Waals surface area contributed by atoms with Gasteiger partial charge < -0.3 is 34.4 Å². The summed E-state index contributed by atoms with van der Waals surface area (Å²) in [6.45, 7) is 11.4. The Morgan fingerprint density at radius 1 is 0.819 bits per heavy atom. The third-order valence-electron chi connectivity index (χ3n) is 18.1. The number of amides is 5. The van der Waals surface area contributed by atoms with Crippen molar-refractivity contribution in [2.24, 2.45) is 11.3 Å². The molecule has 6 aliphatic heterocycles. The Labute approximate surface area is 421 Å². The lowest BCUT2D eigenvalue weighted by Gasteiger charge is -2.48. The molecule has 2 aliphatic carbocycles. The molecule has 8 heterocycles. The first-order chi connectivity index (χ1) is 34.8. The van der Waals surface area contributed by atoms with Gasteiger partial charge in [0.1, 0.15) is 11.3 Å². The van der Waals surface area contributed by atoms with Crippen LogP contribution in [0, 0.1) is 17.2 Å². The predicted molar refractivity (Wildman–Crippen MR) is 273 cm³/mol. The molecule has 72 heavy (non-hydrogen) atoms. The maximum Gasteiger partial charge on any atom is 0.238 e. The van der Waals surface area contributed by atoms with Gasteiger partial charge in [0, 0.05) is 87.0 Å². The molecule has 1 spiro atoms. The van der Waals surface area contributed by atoms with Crippen molar-refractivity contribution >= 4 is 57.8 Å². The maximum absolute atomic E-state index is 15.5. The van der Waals surface area contributed by atoms with E-state index >= 15 is 9.18 Å². The van der Waals surface area contributed by atoms with E-state index in [1.807, 2.05) is 28.0 Å². The first-order valence-electron chi connectivity index (χ1n) is 27.1. The minimum atomic E-state index is -0.728. The van der Waals surface area contributed by atoms with E-state index in [0.29, 0.717) is 101 Å². The second kappa shape index (κ2) is 18.2. The number of likely N-dealkylation sites (tertiary alicyclic amines) is 3. The van der Waals surface area contributed by atoms with Crippen LogP contribution >= 0.6 is 0 Å². The van der Waals surface area contributed by atoms with Crippen LogP contribution in [0.25, 0.3) is 22.3 Å². The molecule has 12 rings (SSSR count). The number of carbonyl (C=O) groups excluding carboxylic acids is 5. The first-order valence-corrected chi connectivity index (χ1v) is 27.1. The highest BCUT2D eigenvalue weighted by Crippen LogP contribution is 2.53. The molecule has 2 atom stereocenters. The van der Waals surface area contributed by atoms with Gasteiger partial charge in [-0.3, -0.25) is 29.3 Å². The van der Waals surface area contributed by atoms with E-state index in [0.717, 1.165) is 78.1 Å². The van der Waals surface area contributed by atoms with Gasteiger partial charge in [0.15, 0.2) is 5.82 Å². The smallest absolute Gasteiger partial charge is 0.238 e. The number of pyridine rings is 1. The van der Waals surface area contributed by atoms with Crippen LogP contribution in [0.2, 0.25) is 0 Å². The highest BCUT2D eigenvalue weighted by Gasteiger charge is 2.57. The first kappa shape index (κ1) is 47.1. The summed E-state index contributed by atoms with van der Waals surface area (Å²) in [5.41, 5.74) is 5.33. The van der Waals surface area contributed by atoms with Crippen LogP contribution in [0.15, 0.2) is 48.8 Å². The minimum Gasteiger partial charge on any atom is -0.369 e. The van der Waals surface area contributed by atoms with Crippen molar-refractivity contribution in [1.29, 1.82) is 0 Å². The van der Waals surface area contributed by atoms with E-state index in [9.17, 15) is 19.2 Å². The largest absolute Gasteiger partial charge is 0.369 e. The van der Waals surface area contributed by atoms with Gasteiger partial charge in [0.25, 0.3) is 0 Å². The number of imide groups is 1. The van der Waals surface area contributed by atoms with E-state index in [-0.39, 0.29) is 48.1 Å². The Balaban J connectivity index is 0.724. The third kappa shape index (κ3) is 8.23. The number of aromatic nitrogens is 3. The number of rotatable bonds is 10. The average molecular weight is 981 g/mol. The van der Waals surface area contributed by atoms with Crippen molar-refractivity contribution in [3.63, 3.8) is 0 Å². The van der Waals surface area contributed by atoms with Gasteiger partial charge in [-0.25, -0.2) is 14.4 Å². The molecule has 2 N–H and O–H groups in total. The van der Waals surface area contributed by atoms with Crippen LogP contribution in [0.4, 0.5) is 21.6 Å². The Morgan fingerprint density at radius 2 is 1.57 bits per heavy atom. The quantitative estimate of drug-likeness (QED) is 0.155. The number of anilines is 3. The molecular formula is C56H69FN10O5. The topological polar surface area (TPSA) is 156 Å². The van der Waals surface area contributed by atoms with Crippen LogP contribution in [-0.4, -0.2) is 129 Å². The van der Waals surface area contributed by atoms with Crippen LogP contribution in [0.3, 0.4) is 0 Å². The number of nitrogens with one attached hydrogen (secondary N) is 2. The summed E-state index contributed by atoms with van der Waals surface area (Å²) in [6, 6.07) is 14.7. The summed E-state index contributed by atoms with van der Waals surface area (Å²) in [6.07, 6.45) is 13.3. The Bertz CT molecular complexity index is 2830. The molecular weight excluding hydrogens is 912 g/mol. The Morgan fingerprint density at radius 3 is 2.28 bits per heavy atom. The highest BCUT2D eigenvalue weighted by molar-refractivity contribution is 6.09. The molecule has 2 aromatic heterocycles. The van der Waals surface area contributed by atoms with Gasteiger partial charge in [0.05, 0.1) is 40.0 Å². The number of carbonyl (C=O) groups is 5. The second-order valence-electron chi connectivity index (χ2n) is 23.1. The molecule has 5 amide bonds. The molecule has 8 aliphatic rings. The van der Waals surface area contributed by atoms with Gasteiger partial charge in [0.2, 0.25) is 29.5 Å².